The van der Waals surface area contributed by atoms with Gasteiger partial charge in [-0.1, -0.05) is 4.68 Å². The van der Waals surface area contributed by atoms with Crippen LogP contribution in [0.2, 0.25) is 0 Å². The van der Waals surface area contributed by atoms with Gasteiger partial charge in [0.05, 0.1) is 5.27 Å². The van der Waals surface area contributed by atoms with Crippen LogP contribution in [0.5, 0.6) is 17.4 Å². The van der Waals surface area contributed by atoms with Crippen molar-refractivity contribution in [2.45, 2.75) is 6.54 Å². The Morgan fingerprint density at radius 3 is 2.90 bits per heavy atom. The number of fused-ring (bicyclic) bond motifs is 1. The van der Waals surface area contributed by atoms with Crippen molar-refractivity contribution in [3.63, 3.8) is 0 Å². The summed E-state index contributed by atoms with van der Waals surface area (Å²) >= 11 is 0. The van der Waals surface area contributed by atoms with Crippen LogP contribution in [0.1, 0.15) is 0 Å². The Labute approximate surface area is 113 Å². The lowest BCUT2D eigenvalue weighted by Crippen LogP contribution is -2.41. The highest BCUT2D eigenvalue weighted by molar-refractivity contribution is 5.90. The standard InChI is InChI=1S/C12H11N3O5/c16-11(6-15-7-12(17)20-14-15)13-8-1-2-9-10(5-8)19-4-3-18-9/h1-2,5,7H,3-4,6H2,(H-,13,14,16,17). The number of nitrogens with one attached hydrogen (secondary N) is 1. The van der Waals surface area contributed by atoms with Crippen molar-refractivity contribution in [2.24, 2.45) is 0 Å². The maximum absolute atomic E-state index is 11.8. The van der Waals surface area contributed by atoms with Crippen LogP contribution in [-0.4, -0.2) is 24.4 Å². The van der Waals surface area contributed by atoms with Gasteiger partial charge in [-0.25, -0.2) is 0 Å². The smallest absolute Gasteiger partial charge is 0.292 e. The topological polar surface area (TPSA) is 101 Å². The van der Waals surface area contributed by atoms with Crippen molar-refractivity contribution in [1.29, 1.82) is 0 Å². The van der Waals surface area contributed by atoms with Crippen LogP contribution in [0.3, 0.4) is 0 Å². The predicted molar refractivity (Wildman–Crippen MR) is 62.2 cm³/mol. The van der Waals surface area contributed by atoms with Crippen molar-refractivity contribution in [2.75, 3.05) is 18.5 Å². The number of anilines is 1. The molecule has 3 rings (SSSR count). The SMILES string of the molecule is O=C(C[n+]1cc([O-])on1)Nc1ccc2c(c1)OCCO2. The Bertz CT molecular complexity index is 640. The number of aromatic nitrogens is 2. The van der Waals surface area contributed by atoms with E-state index in [2.05, 4.69) is 15.1 Å². The van der Waals surface area contributed by atoms with Gasteiger partial charge < -0.3 is 24.4 Å². The number of carbonyl (C=O) groups excluding carboxylic acids is 1. The van der Waals surface area contributed by atoms with Crippen LogP contribution < -0.4 is 24.6 Å². The van der Waals surface area contributed by atoms with E-state index in [1.54, 1.807) is 18.2 Å². The molecule has 0 atom stereocenters. The first-order chi connectivity index (χ1) is 9.70. The minimum absolute atomic E-state index is 0.111. The van der Waals surface area contributed by atoms with Gasteiger partial charge in [-0.2, -0.15) is 0 Å². The van der Waals surface area contributed by atoms with E-state index in [-0.39, 0.29) is 12.5 Å². The van der Waals surface area contributed by atoms with Gasteiger partial charge >= 0.3 is 0 Å². The molecule has 0 radical (unpaired) electrons. The average molecular weight is 277 g/mol. The van der Waals surface area contributed by atoms with Gasteiger partial charge in [-0.05, 0) is 12.1 Å². The van der Waals surface area contributed by atoms with Gasteiger partial charge in [0, 0.05) is 11.8 Å². The minimum Gasteiger partial charge on any atom is -0.539 e. The molecule has 8 nitrogen and oxygen atoms in total. The molecule has 1 amide bonds. The third-order valence-electron chi connectivity index (χ3n) is 2.62. The summed E-state index contributed by atoms with van der Waals surface area (Å²) in [5.74, 6) is 0.304. The summed E-state index contributed by atoms with van der Waals surface area (Å²) in [7, 11) is 0. The Balaban J connectivity index is 1.66. The lowest BCUT2D eigenvalue weighted by Gasteiger charge is -2.18. The van der Waals surface area contributed by atoms with E-state index in [9.17, 15) is 9.90 Å². The first kappa shape index (κ1) is 12.3. The summed E-state index contributed by atoms with van der Waals surface area (Å²) < 4.78 is 16.3. The van der Waals surface area contributed by atoms with Crippen LogP contribution in [0.4, 0.5) is 5.69 Å². The van der Waals surface area contributed by atoms with Crippen LogP contribution in [0.25, 0.3) is 0 Å². The Morgan fingerprint density at radius 1 is 1.35 bits per heavy atom. The molecule has 0 spiro atoms. The van der Waals surface area contributed by atoms with E-state index in [1.165, 1.54) is 0 Å². The number of hydrogen-bond acceptors (Lipinski definition) is 6. The quantitative estimate of drug-likeness (QED) is 0.755. The molecule has 1 N–H and O–H groups in total. The summed E-state index contributed by atoms with van der Waals surface area (Å²) in [5.41, 5.74) is 0.575. The van der Waals surface area contributed by atoms with Crippen molar-refractivity contribution in [3.8, 4) is 17.4 Å². The number of amides is 1. The monoisotopic (exact) mass is 277 g/mol. The third-order valence-corrected chi connectivity index (χ3v) is 2.62. The van der Waals surface area contributed by atoms with Gasteiger partial charge in [0.15, 0.2) is 11.5 Å². The van der Waals surface area contributed by atoms with Gasteiger partial charge in [-0.3, -0.25) is 4.79 Å². The molecule has 2 aromatic rings. The molecule has 1 aromatic heterocycles. The Morgan fingerprint density at radius 2 is 2.15 bits per heavy atom. The van der Waals surface area contributed by atoms with Crippen LogP contribution in [-0.2, 0) is 11.3 Å². The third kappa shape index (κ3) is 2.63. The predicted octanol–water partition coefficient (Wildman–Crippen LogP) is -0.554. The fourth-order valence-corrected chi connectivity index (χ4v) is 1.80. The van der Waals surface area contributed by atoms with Crippen molar-refractivity contribution >= 4 is 11.6 Å². The molecule has 0 fully saturated rings. The lowest BCUT2D eigenvalue weighted by atomic mass is 10.2. The van der Waals surface area contributed by atoms with Crippen molar-refractivity contribution < 1.29 is 28.6 Å². The van der Waals surface area contributed by atoms with E-state index in [0.717, 1.165) is 10.9 Å². The highest BCUT2D eigenvalue weighted by Gasteiger charge is 2.15. The number of ether oxygens (including phenoxy) is 2. The molecular formula is C12H11N3O5. The zero-order valence-corrected chi connectivity index (χ0v) is 10.4. The molecule has 104 valence electrons. The molecule has 0 saturated heterocycles. The Kier molecular flexibility index (Phi) is 3.12. The molecule has 0 saturated carbocycles. The first-order valence-electron chi connectivity index (χ1n) is 5.94. The normalized spacial score (nSPS) is 13.0. The first-order valence-corrected chi connectivity index (χ1v) is 5.94. The molecule has 1 aliphatic rings. The van der Waals surface area contributed by atoms with Gasteiger partial charge in [0.25, 0.3) is 12.5 Å². The highest BCUT2D eigenvalue weighted by atomic mass is 16.6. The molecule has 2 heterocycles. The maximum Gasteiger partial charge on any atom is 0.292 e. The largest absolute Gasteiger partial charge is 0.539 e. The van der Waals surface area contributed by atoms with Gasteiger partial charge in [0.1, 0.15) is 19.2 Å². The molecule has 0 bridgehead atoms. The fourth-order valence-electron chi connectivity index (χ4n) is 1.80. The summed E-state index contributed by atoms with van der Waals surface area (Å²) in [4.78, 5) is 11.8. The lowest BCUT2D eigenvalue weighted by molar-refractivity contribution is -0.750. The summed E-state index contributed by atoms with van der Waals surface area (Å²) in [6.07, 6.45) is 1.10. The maximum atomic E-state index is 11.8. The number of benzene rings is 1. The number of carbonyl (C=O) groups is 1. The van der Waals surface area contributed by atoms with Crippen LogP contribution in [0.15, 0.2) is 28.9 Å². The molecule has 8 heteroatoms. The molecule has 20 heavy (non-hydrogen) atoms. The second kappa shape index (κ2) is 5.08. The average Bonchev–Trinajstić information content (AvgIpc) is 2.83. The van der Waals surface area contributed by atoms with Crippen molar-refractivity contribution in [1.82, 2.24) is 5.27 Å². The van der Waals surface area contributed by atoms with E-state index >= 15 is 0 Å². The number of hydrogen-bond donors (Lipinski definition) is 1. The molecular weight excluding hydrogens is 266 g/mol. The molecule has 1 aliphatic heterocycles. The van der Waals surface area contributed by atoms with Gasteiger partial charge in [0.2, 0.25) is 6.20 Å². The van der Waals surface area contributed by atoms with Crippen LogP contribution in [0, 0.1) is 0 Å². The zero-order valence-electron chi connectivity index (χ0n) is 10.4. The fraction of sp³-hybridized carbons (Fsp3) is 0.250. The molecule has 0 unspecified atom stereocenters. The number of nitrogens with zero attached hydrogens (tertiary/aromatic N) is 2. The van der Waals surface area contributed by atoms with E-state index in [1.807, 2.05) is 0 Å². The summed E-state index contributed by atoms with van der Waals surface area (Å²) in [5, 5.41) is 16.8. The van der Waals surface area contributed by atoms with Gasteiger partial charge in [-0.15, -0.1) is 0 Å². The van der Waals surface area contributed by atoms with E-state index in [4.69, 9.17) is 9.47 Å². The summed E-state index contributed by atoms with van der Waals surface area (Å²) in [6, 6.07) is 5.11. The molecule has 1 aromatic carbocycles. The second-order valence-corrected chi connectivity index (χ2v) is 4.13. The minimum atomic E-state index is -0.600. The van der Waals surface area contributed by atoms with E-state index in [0.29, 0.717) is 30.4 Å². The molecule has 0 aliphatic carbocycles. The second-order valence-electron chi connectivity index (χ2n) is 4.13. The zero-order chi connectivity index (χ0) is 13.9. The van der Waals surface area contributed by atoms with Crippen molar-refractivity contribution in [3.05, 3.63) is 24.4 Å². The highest BCUT2D eigenvalue weighted by Crippen LogP contribution is 2.32. The van der Waals surface area contributed by atoms with E-state index < -0.39 is 5.95 Å². The Hall–Kier alpha value is -2.77. The van der Waals surface area contributed by atoms with Crippen LogP contribution >= 0.6 is 0 Å². The number of rotatable bonds is 3. The summed E-state index contributed by atoms with van der Waals surface area (Å²) in [6.45, 7) is 0.880.